The molecule has 268 valence electrons. The van der Waals surface area contributed by atoms with Gasteiger partial charge in [-0.15, -0.1) is 0 Å². The maximum absolute atomic E-state index is 14.2. The van der Waals surface area contributed by atoms with Crippen LogP contribution in [0.4, 0.5) is 0 Å². The lowest BCUT2D eigenvalue weighted by atomic mass is 9.75. The van der Waals surface area contributed by atoms with Crippen molar-refractivity contribution in [3.63, 3.8) is 0 Å². The zero-order valence-electron chi connectivity index (χ0n) is 31.0. The van der Waals surface area contributed by atoms with Crippen LogP contribution in [0.5, 0.6) is 0 Å². The highest BCUT2D eigenvalue weighted by Crippen LogP contribution is 2.55. The van der Waals surface area contributed by atoms with Crippen molar-refractivity contribution in [2.75, 3.05) is 13.2 Å². The van der Waals surface area contributed by atoms with E-state index in [9.17, 15) is 4.79 Å². The summed E-state index contributed by atoms with van der Waals surface area (Å²) in [7, 11) is -0.322. The molecule has 1 amide bonds. The van der Waals surface area contributed by atoms with Crippen LogP contribution in [0.1, 0.15) is 121 Å². The molecule has 7 rings (SSSR count). The minimum absolute atomic E-state index is 0.0445. The van der Waals surface area contributed by atoms with Gasteiger partial charge in [-0.2, -0.15) is 0 Å². The van der Waals surface area contributed by atoms with Crippen molar-refractivity contribution < 1.29 is 9.53 Å². The molecule has 0 saturated heterocycles. The number of amides is 1. The lowest BCUT2D eigenvalue weighted by molar-refractivity contribution is -0.137. The molecule has 50 heavy (non-hydrogen) atoms. The fourth-order valence-electron chi connectivity index (χ4n) is 9.05. The summed E-state index contributed by atoms with van der Waals surface area (Å²) in [6.07, 6.45) is 17.4. The highest BCUT2D eigenvalue weighted by atomic mass is 31.1. The fourth-order valence-corrected chi connectivity index (χ4v) is 13.0. The first-order valence-electron chi connectivity index (χ1n) is 19.9. The highest BCUT2D eigenvalue weighted by Gasteiger charge is 2.39. The number of carbonyl (C=O) groups is 1. The number of nitrogens with zero attached hydrogens (tertiary/aromatic N) is 2. The Balaban J connectivity index is 0.000000652. The normalized spacial score (nSPS) is 24.9. The van der Waals surface area contributed by atoms with Crippen LogP contribution in [0, 0.1) is 17.8 Å². The summed E-state index contributed by atoms with van der Waals surface area (Å²) >= 11 is 0. The first kappa shape index (κ1) is 37.0. The van der Waals surface area contributed by atoms with Crippen LogP contribution in [0.15, 0.2) is 96.0 Å². The Morgan fingerprint density at radius 1 is 0.760 bits per heavy atom. The van der Waals surface area contributed by atoms with E-state index in [2.05, 4.69) is 75.4 Å². The Labute approximate surface area is 304 Å². The average Bonchev–Trinajstić information content (AvgIpc) is 3.62. The SMILES string of the molecule is CC(C)[C@@H]1CC[C@@H](C)C[C@H]1OCC(=O)N1C[C@@H](c2ccccc2)N=C1c1ccccc1P(C1CCCCC1)C1CCCCC1.c1ccccc1. The van der Waals surface area contributed by atoms with Crippen molar-refractivity contribution in [1.82, 2.24) is 4.90 Å². The Morgan fingerprint density at radius 2 is 1.32 bits per heavy atom. The van der Waals surface area contributed by atoms with Gasteiger partial charge in [0.05, 0.1) is 18.7 Å². The third kappa shape index (κ3) is 9.54. The van der Waals surface area contributed by atoms with Crippen molar-refractivity contribution in [2.24, 2.45) is 22.7 Å². The molecule has 0 unspecified atom stereocenters. The molecule has 0 N–H and O–H groups in total. The van der Waals surface area contributed by atoms with Gasteiger partial charge in [-0.1, -0.05) is 165 Å². The van der Waals surface area contributed by atoms with Gasteiger partial charge in [-0.3, -0.25) is 14.7 Å². The summed E-state index contributed by atoms with van der Waals surface area (Å²) in [5.41, 5.74) is 3.99. The van der Waals surface area contributed by atoms with Gasteiger partial charge in [0, 0.05) is 5.56 Å². The van der Waals surface area contributed by atoms with Gasteiger partial charge >= 0.3 is 0 Å². The molecular weight excluding hydrogens is 631 g/mol. The Hall–Kier alpha value is -2.81. The maximum Gasteiger partial charge on any atom is 0.254 e. The van der Waals surface area contributed by atoms with Crippen molar-refractivity contribution in [2.45, 2.75) is 128 Å². The lowest BCUT2D eigenvalue weighted by Crippen LogP contribution is -2.42. The van der Waals surface area contributed by atoms with Gasteiger partial charge in [0.15, 0.2) is 0 Å². The Morgan fingerprint density at radius 3 is 1.92 bits per heavy atom. The van der Waals surface area contributed by atoms with E-state index < -0.39 is 0 Å². The van der Waals surface area contributed by atoms with Crippen LogP contribution in [0.2, 0.25) is 0 Å². The topological polar surface area (TPSA) is 41.9 Å². The van der Waals surface area contributed by atoms with Crippen LogP contribution in [0.3, 0.4) is 0 Å². The summed E-state index contributed by atoms with van der Waals surface area (Å²) in [6.45, 7) is 7.68. The molecule has 3 fully saturated rings. The first-order chi connectivity index (χ1) is 24.5. The number of hydrogen-bond donors (Lipinski definition) is 0. The minimum Gasteiger partial charge on any atom is -0.368 e. The van der Waals surface area contributed by atoms with E-state index in [4.69, 9.17) is 9.73 Å². The molecule has 3 aromatic rings. The second kappa shape index (κ2) is 18.6. The molecule has 1 aliphatic heterocycles. The smallest absolute Gasteiger partial charge is 0.254 e. The summed E-state index contributed by atoms with van der Waals surface area (Å²) in [5.74, 6) is 2.71. The number of benzene rings is 3. The van der Waals surface area contributed by atoms with E-state index in [-0.39, 0.29) is 32.6 Å². The molecule has 3 aliphatic carbocycles. The van der Waals surface area contributed by atoms with Gasteiger partial charge in [0.25, 0.3) is 5.91 Å². The molecule has 0 radical (unpaired) electrons. The molecule has 1 heterocycles. The zero-order valence-corrected chi connectivity index (χ0v) is 31.9. The van der Waals surface area contributed by atoms with Crippen LogP contribution >= 0.6 is 7.92 Å². The number of carbonyl (C=O) groups excluding carboxylic acids is 1. The van der Waals surface area contributed by atoms with Crippen molar-refractivity contribution >= 4 is 25.0 Å². The molecule has 0 bridgehead atoms. The minimum atomic E-state index is -0.322. The molecule has 0 spiro atoms. The van der Waals surface area contributed by atoms with Crippen LogP contribution < -0.4 is 5.30 Å². The highest BCUT2D eigenvalue weighted by molar-refractivity contribution is 7.67. The Kier molecular flexibility index (Phi) is 13.8. The molecular formula is C45H61N2O2P. The number of amidine groups is 1. The van der Waals surface area contributed by atoms with Crippen molar-refractivity contribution in [1.29, 1.82) is 0 Å². The first-order valence-corrected chi connectivity index (χ1v) is 21.4. The lowest BCUT2D eigenvalue weighted by Gasteiger charge is -2.40. The summed E-state index contributed by atoms with van der Waals surface area (Å²) in [4.78, 5) is 21.6. The average molecular weight is 693 g/mol. The quantitative estimate of drug-likeness (QED) is 0.210. The predicted octanol–water partition coefficient (Wildman–Crippen LogP) is 11.0. The fraction of sp³-hybridized carbons (Fsp3) is 0.556. The van der Waals surface area contributed by atoms with Crippen LogP contribution in [-0.4, -0.2) is 47.2 Å². The zero-order chi connectivity index (χ0) is 34.7. The molecule has 4 nitrogen and oxygen atoms in total. The number of hydrogen-bond acceptors (Lipinski definition) is 3. The number of rotatable bonds is 9. The van der Waals surface area contributed by atoms with Crippen LogP contribution in [-0.2, 0) is 9.53 Å². The summed E-state index contributed by atoms with van der Waals surface area (Å²) in [6, 6.07) is 31.6. The summed E-state index contributed by atoms with van der Waals surface area (Å²) in [5, 5.41) is 1.51. The molecule has 4 atom stereocenters. The molecule has 3 aromatic carbocycles. The number of ether oxygens (including phenoxy) is 1. The second-order valence-corrected chi connectivity index (χ2v) is 18.5. The third-order valence-electron chi connectivity index (χ3n) is 11.8. The van der Waals surface area contributed by atoms with E-state index in [1.54, 1.807) is 0 Å². The van der Waals surface area contributed by atoms with Crippen molar-refractivity contribution in [3.05, 3.63) is 102 Å². The second-order valence-electron chi connectivity index (χ2n) is 15.7. The predicted molar refractivity (Wildman–Crippen MR) is 212 cm³/mol. The molecule has 0 aromatic heterocycles. The van der Waals surface area contributed by atoms with Gasteiger partial charge in [0.2, 0.25) is 0 Å². The van der Waals surface area contributed by atoms with E-state index in [1.807, 2.05) is 41.3 Å². The molecule has 5 heteroatoms. The van der Waals surface area contributed by atoms with Crippen LogP contribution in [0.25, 0.3) is 0 Å². The number of aliphatic imine (C=N–C) groups is 1. The van der Waals surface area contributed by atoms with Gasteiger partial charge in [-0.25, -0.2) is 0 Å². The maximum atomic E-state index is 14.2. The van der Waals surface area contributed by atoms with Gasteiger partial charge in [-0.05, 0) is 78.5 Å². The van der Waals surface area contributed by atoms with E-state index in [1.165, 1.54) is 93.5 Å². The monoisotopic (exact) mass is 692 g/mol. The molecule has 4 aliphatic rings. The van der Waals surface area contributed by atoms with Gasteiger partial charge in [0.1, 0.15) is 12.4 Å². The van der Waals surface area contributed by atoms with E-state index >= 15 is 0 Å². The van der Waals surface area contributed by atoms with Crippen molar-refractivity contribution in [3.8, 4) is 0 Å². The standard InChI is InChI=1S/C39H55N2O2P.C6H6/c1-28(2)33-24-23-29(3)25-36(33)43-27-38(42)41-26-35(30-15-7-4-8-16-30)40-39(41)34-21-13-14-22-37(34)44(31-17-9-5-10-18-31)32-19-11-6-12-20-32;1-2-4-6-5-3-1/h4,7-8,13-16,21-22,28-29,31-33,35-36H,5-6,9-12,17-20,23-27H2,1-3H3;1-6H/t29-,33+,35+,36-;/m1./s1. The third-order valence-corrected chi connectivity index (χ3v) is 15.3. The molecule has 3 saturated carbocycles. The van der Waals surface area contributed by atoms with E-state index in [0.717, 1.165) is 23.6 Å². The summed E-state index contributed by atoms with van der Waals surface area (Å²) < 4.78 is 6.55. The van der Waals surface area contributed by atoms with E-state index in [0.29, 0.717) is 24.3 Å². The van der Waals surface area contributed by atoms with Gasteiger partial charge < -0.3 is 4.74 Å². The Bertz CT molecular complexity index is 1440. The largest absolute Gasteiger partial charge is 0.368 e.